The van der Waals surface area contributed by atoms with Crippen LogP contribution in [0.2, 0.25) is 0 Å². The van der Waals surface area contributed by atoms with Crippen molar-refractivity contribution in [1.29, 1.82) is 0 Å². The lowest BCUT2D eigenvalue weighted by atomic mass is 10.2. The first-order valence-electron chi connectivity index (χ1n) is 6.29. The molecule has 1 aromatic rings. The zero-order valence-corrected chi connectivity index (χ0v) is 13.2. The molecular weight excluding hydrogens is 282 g/mol. The predicted molar refractivity (Wildman–Crippen MR) is 74.0 cm³/mol. The summed E-state index contributed by atoms with van der Waals surface area (Å²) in [7, 11) is -2.14. The van der Waals surface area contributed by atoms with E-state index in [4.69, 9.17) is 5.11 Å². The van der Waals surface area contributed by atoms with E-state index in [1.54, 1.807) is 13.8 Å². The summed E-state index contributed by atoms with van der Waals surface area (Å²) in [5, 5.41) is 12.8. The van der Waals surface area contributed by atoms with Crippen LogP contribution in [0.25, 0.3) is 0 Å². The minimum Gasteiger partial charge on any atom is -0.480 e. The van der Waals surface area contributed by atoms with Crippen LogP contribution in [0.3, 0.4) is 0 Å². The van der Waals surface area contributed by atoms with Crippen LogP contribution in [0.4, 0.5) is 0 Å². The minimum atomic E-state index is -3.65. The van der Waals surface area contributed by atoms with Gasteiger partial charge in [-0.25, -0.2) is 12.7 Å². The van der Waals surface area contributed by atoms with E-state index in [9.17, 15) is 13.2 Å². The molecule has 114 valence electrons. The third-order valence-electron chi connectivity index (χ3n) is 2.89. The van der Waals surface area contributed by atoms with Gasteiger partial charge in [-0.1, -0.05) is 13.8 Å². The summed E-state index contributed by atoms with van der Waals surface area (Å²) >= 11 is 0. The number of carboxylic acid groups (broad SMARTS) is 1. The minimum absolute atomic E-state index is 0.0990. The maximum absolute atomic E-state index is 12.5. The Balaban J connectivity index is 3.25. The number of sulfonamides is 1. The van der Waals surface area contributed by atoms with Crippen LogP contribution < -0.4 is 0 Å². The number of carboxylic acids is 1. The average Bonchev–Trinajstić information content (AvgIpc) is 2.52. The SMILES string of the molecule is Cc1nn(CC(=O)O)c(C)c1S(=O)(=O)N(C)CC(C)C. The summed E-state index contributed by atoms with van der Waals surface area (Å²) in [6.07, 6.45) is 0. The maximum atomic E-state index is 12.5. The average molecular weight is 303 g/mol. The molecule has 0 radical (unpaired) electrons. The molecule has 0 saturated heterocycles. The van der Waals surface area contributed by atoms with Crippen molar-refractivity contribution in [3.05, 3.63) is 11.4 Å². The summed E-state index contributed by atoms with van der Waals surface area (Å²) in [6.45, 7) is 7.04. The fourth-order valence-corrected chi connectivity index (χ4v) is 3.80. The Hall–Kier alpha value is -1.41. The smallest absolute Gasteiger partial charge is 0.325 e. The molecule has 0 aromatic carbocycles. The Morgan fingerprint density at radius 2 is 1.95 bits per heavy atom. The lowest BCUT2D eigenvalue weighted by molar-refractivity contribution is -0.137. The van der Waals surface area contributed by atoms with E-state index >= 15 is 0 Å². The quantitative estimate of drug-likeness (QED) is 0.841. The Kier molecular flexibility index (Phi) is 4.93. The number of hydrogen-bond donors (Lipinski definition) is 1. The fourth-order valence-electron chi connectivity index (χ4n) is 2.10. The molecular formula is C12H21N3O4S. The predicted octanol–water partition coefficient (Wildman–Crippen LogP) is 0.861. The Bertz CT molecular complexity index is 604. The summed E-state index contributed by atoms with van der Waals surface area (Å²) < 4.78 is 27.5. The second-order valence-corrected chi connectivity index (χ2v) is 7.21. The molecule has 1 aromatic heterocycles. The molecule has 0 atom stereocenters. The van der Waals surface area contributed by atoms with Crippen molar-refractivity contribution in [2.75, 3.05) is 13.6 Å². The number of rotatable bonds is 6. The molecule has 0 saturated carbocycles. The largest absolute Gasteiger partial charge is 0.480 e. The first-order valence-corrected chi connectivity index (χ1v) is 7.73. The van der Waals surface area contributed by atoms with Crippen LogP contribution in [0, 0.1) is 19.8 Å². The maximum Gasteiger partial charge on any atom is 0.325 e. The topological polar surface area (TPSA) is 92.5 Å². The standard InChI is InChI=1S/C12H21N3O4S/c1-8(2)6-14(5)20(18,19)12-9(3)13-15(10(12)4)7-11(16)17/h8H,6-7H2,1-5H3,(H,16,17). The molecule has 0 fully saturated rings. The molecule has 1 N–H and O–H groups in total. The number of carbonyl (C=O) groups is 1. The van der Waals surface area contributed by atoms with Crippen LogP contribution in [-0.4, -0.2) is 47.2 Å². The van der Waals surface area contributed by atoms with Crippen LogP contribution in [-0.2, 0) is 21.4 Å². The fraction of sp³-hybridized carbons (Fsp3) is 0.667. The van der Waals surface area contributed by atoms with E-state index in [-0.39, 0.29) is 17.4 Å². The Labute approximate surface area is 119 Å². The molecule has 0 bridgehead atoms. The summed E-state index contributed by atoms with van der Waals surface area (Å²) in [6, 6.07) is 0. The molecule has 20 heavy (non-hydrogen) atoms. The van der Waals surface area contributed by atoms with E-state index in [0.717, 1.165) is 0 Å². The van der Waals surface area contributed by atoms with Gasteiger partial charge in [0.1, 0.15) is 11.4 Å². The number of hydrogen-bond acceptors (Lipinski definition) is 4. The van der Waals surface area contributed by atoms with Gasteiger partial charge in [0, 0.05) is 13.6 Å². The summed E-state index contributed by atoms with van der Waals surface area (Å²) in [5.74, 6) is -0.862. The lowest BCUT2D eigenvalue weighted by Gasteiger charge is -2.19. The van der Waals surface area contributed by atoms with Crippen molar-refractivity contribution in [2.24, 2.45) is 5.92 Å². The monoisotopic (exact) mass is 303 g/mol. The van der Waals surface area contributed by atoms with Crippen molar-refractivity contribution in [2.45, 2.75) is 39.1 Å². The van der Waals surface area contributed by atoms with E-state index < -0.39 is 16.0 Å². The van der Waals surface area contributed by atoms with Crippen molar-refractivity contribution < 1.29 is 18.3 Å². The third-order valence-corrected chi connectivity index (χ3v) is 4.97. The molecule has 0 aliphatic rings. The molecule has 0 unspecified atom stereocenters. The first kappa shape index (κ1) is 16.6. The van der Waals surface area contributed by atoms with Crippen molar-refractivity contribution in [1.82, 2.24) is 14.1 Å². The van der Waals surface area contributed by atoms with Gasteiger partial charge in [0.15, 0.2) is 0 Å². The molecule has 7 nitrogen and oxygen atoms in total. The van der Waals surface area contributed by atoms with Gasteiger partial charge in [0.25, 0.3) is 0 Å². The zero-order chi connectivity index (χ0) is 15.7. The third kappa shape index (κ3) is 3.37. The van der Waals surface area contributed by atoms with Crippen molar-refractivity contribution >= 4 is 16.0 Å². The second-order valence-electron chi connectivity index (χ2n) is 5.23. The van der Waals surface area contributed by atoms with Gasteiger partial charge in [0.05, 0.1) is 11.4 Å². The second kappa shape index (κ2) is 5.92. The van der Waals surface area contributed by atoms with Gasteiger partial charge in [0.2, 0.25) is 10.0 Å². The van der Waals surface area contributed by atoms with Crippen LogP contribution in [0.5, 0.6) is 0 Å². The van der Waals surface area contributed by atoms with Crippen LogP contribution >= 0.6 is 0 Å². The van der Waals surface area contributed by atoms with E-state index in [0.29, 0.717) is 17.9 Å². The van der Waals surface area contributed by atoms with E-state index in [2.05, 4.69) is 5.10 Å². The van der Waals surface area contributed by atoms with Gasteiger partial charge in [-0.3, -0.25) is 9.48 Å². The number of nitrogens with zero attached hydrogens (tertiary/aromatic N) is 3. The van der Waals surface area contributed by atoms with Gasteiger partial charge >= 0.3 is 5.97 Å². The van der Waals surface area contributed by atoms with Crippen LogP contribution in [0.15, 0.2) is 4.90 Å². The molecule has 0 spiro atoms. The molecule has 8 heteroatoms. The highest BCUT2D eigenvalue weighted by Gasteiger charge is 2.29. The summed E-state index contributed by atoms with van der Waals surface area (Å²) in [5.41, 5.74) is 0.667. The highest BCUT2D eigenvalue weighted by atomic mass is 32.2. The van der Waals surface area contributed by atoms with Crippen molar-refractivity contribution in [3.8, 4) is 0 Å². The van der Waals surface area contributed by atoms with Gasteiger partial charge in [-0.15, -0.1) is 0 Å². The van der Waals surface area contributed by atoms with Gasteiger partial charge in [-0.2, -0.15) is 5.10 Å². The van der Waals surface area contributed by atoms with Gasteiger partial charge in [-0.05, 0) is 19.8 Å². The summed E-state index contributed by atoms with van der Waals surface area (Å²) in [4.78, 5) is 10.8. The number of aliphatic carboxylic acids is 1. The molecule has 0 aliphatic carbocycles. The highest BCUT2D eigenvalue weighted by Crippen LogP contribution is 2.23. The zero-order valence-electron chi connectivity index (χ0n) is 12.4. The van der Waals surface area contributed by atoms with Gasteiger partial charge < -0.3 is 5.11 Å². The molecule has 0 amide bonds. The Morgan fingerprint density at radius 1 is 1.40 bits per heavy atom. The molecule has 1 heterocycles. The van der Waals surface area contributed by atoms with E-state index in [1.165, 1.54) is 16.0 Å². The Morgan fingerprint density at radius 3 is 2.40 bits per heavy atom. The number of aromatic nitrogens is 2. The lowest BCUT2D eigenvalue weighted by Crippen LogP contribution is -2.31. The molecule has 0 aliphatic heterocycles. The highest BCUT2D eigenvalue weighted by molar-refractivity contribution is 7.89. The number of aryl methyl sites for hydroxylation is 1. The van der Waals surface area contributed by atoms with Crippen LogP contribution in [0.1, 0.15) is 25.2 Å². The van der Waals surface area contributed by atoms with Crippen molar-refractivity contribution in [3.63, 3.8) is 0 Å². The normalized spacial score (nSPS) is 12.3. The molecule has 1 rings (SSSR count). The first-order chi connectivity index (χ1) is 9.07. The van der Waals surface area contributed by atoms with E-state index in [1.807, 2.05) is 13.8 Å².